The fraction of sp³-hybridized carbons (Fsp3) is 0.100. The van der Waals surface area contributed by atoms with Crippen LogP contribution in [0, 0.1) is 6.92 Å². The topological polar surface area (TPSA) is 122 Å². The molecular formula is C20H18N6O2S3. The quantitative estimate of drug-likeness (QED) is 0.331. The first-order chi connectivity index (χ1) is 14.9. The zero-order valence-corrected chi connectivity index (χ0v) is 19.0. The predicted octanol–water partition coefficient (Wildman–Crippen LogP) is 4.89. The number of thiophene rings is 1. The number of urea groups is 1. The Morgan fingerprint density at radius 2 is 1.90 bits per heavy atom. The van der Waals surface area contributed by atoms with Crippen molar-refractivity contribution in [2.75, 3.05) is 23.4 Å². The van der Waals surface area contributed by atoms with Gasteiger partial charge in [-0.05, 0) is 31.2 Å². The number of carbonyl (C=O) groups is 2. The number of nitrogens with two attached hydrogens (primary N) is 1. The van der Waals surface area contributed by atoms with E-state index >= 15 is 0 Å². The highest BCUT2D eigenvalue weighted by Gasteiger charge is 2.16. The number of anilines is 3. The number of aryl methyl sites for hydroxylation is 1. The molecule has 0 unspecified atom stereocenters. The third-order valence-corrected chi connectivity index (χ3v) is 7.16. The second kappa shape index (κ2) is 8.84. The molecule has 0 fully saturated rings. The van der Waals surface area contributed by atoms with Gasteiger partial charge in [-0.3, -0.25) is 10.1 Å². The molecule has 4 rings (SSSR count). The lowest BCUT2D eigenvalue weighted by molar-refractivity contribution is 0.103. The van der Waals surface area contributed by atoms with E-state index in [0.29, 0.717) is 31.4 Å². The van der Waals surface area contributed by atoms with E-state index < -0.39 is 0 Å². The SMILES string of the molecule is CNC(=O)Nc1nc(N)c(-c2nc(-c3cccc(NC(=O)c4ccc(C)s4)c3)cs2)s1. The smallest absolute Gasteiger partial charge is 0.320 e. The van der Waals surface area contributed by atoms with Gasteiger partial charge in [0.25, 0.3) is 5.91 Å². The zero-order valence-electron chi connectivity index (χ0n) is 16.6. The summed E-state index contributed by atoms with van der Waals surface area (Å²) in [6, 6.07) is 10.9. The van der Waals surface area contributed by atoms with Gasteiger partial charge in [0.05, 0.1) is 10.6 Å². The molecule has 0 saturated carbocycles. The molecule has 5 N–H and O–H groups in total. The van der Waals surface area contributed by atoms with E-state index in [0.717, 1.165) is 16.1 Å². The van der Waals surface area contributed by atoms with Crippen LogP contribution in [0.2, 0.25) is 0 Å². The second-order valence-electron chi connectivity index (χ2n) is 6.42. The van der Waals surface area contributed by atoms with Crippen molar-refractivity contribution in [2.45, 2.75) is 6.92 Å². The van der Waals surface area contributed by atoms with Crippen molar-refractivity contribution in [3.8, 4) is 21.1 Å². The molecule has 0 saturated heterocycles. The highest BCUT2D eigenvalue weighted by atomic mass is 32.1. The highest BCUT2D eigenvalue weighted by molar-refractivity contribution is 7.23. The van der Waals surface area contributed by atoms with Crippen LogP contribution in [0.5, 0.6) is 0 Å². The Kier molecular flexibility index (Phi) is 5.98. The summed E-state index contributed by atoms with van der Waals surface area (Å²) in [5.74, 6) is 0.173. The van der Waals surface area contributed by atoms with E-state index in [1.165, 1.54) is 41.1 Å². The van der Waals surface area contributed by atoms with Gasteiger partial charge in [0.2, 0.25) is 0 Å². The first kappa shape index (κ1) is 21.0. The van der Waals surface area contributed by atoms with Gasteiger partial charge in [-0.2, -0.15) is 0 Å². The molecule has 0 radical (unpaired) electrons. The molecule has 0 aliphatic heterocycles. The fourth-order valence-corrected chi connectivity index (χ4v) is 5.29. The van der Waals surface area contributed by atoms with Crippen molar-refractivity contribution < 1.29 is 9.59 Å². The maximum absolute atomic E-state index is 12.4. The first-order valence-corrected chi connectivity index (χ1v) is 11.6. The van der Waals surface area contributed by atoms with Gasteiger partial charge < -0.3 is 16.4 Å². The molecule has 31 heavy (non-hydrogen) atoms. The third-order valence-electron chi connectivity index (χ3n) is 4.18. The van der Waals surface area contributed by atoms with Gasteiger partial charge in [-0.15, -0.1) is 22.7 Å². The minimum absolute atomic E-state index is 0.136. The lowest BCUT2D eigenvalue weighted by atomic mass is 10.1. The number of thiazole rings is 2. The molecule has 0 spiro atoms. The van der Waals surface area contributed by atoms with Gasteiger partial charge in [-0.25, -0.2) is 14.8 Å². The standard InChI is InChI=1S/C20H18N6O2S3/c1-10-6-7-14(30-10)17(27)23-12-5-3-4-11(8-12)13-9-29-18(24-13)15-16(21)25-20(31-15)26-19(28)22-2/h3-9H,21H2,1-2H3,(H,23,27)(H2,22,25,26,28). The summed E-state index contributed by atoms with van der Waals surface area (Å²) in [4.78, 5) is 35.2. The summed E-state index contributed by atoms with van der Waals surface area (Å²) >= 11 is 4.15. The molecular weight excluding hydrogens is 452 g/mol. The number of aromatic nitrogens is 2. The molecule has 3 heterocycles. The molecule has 0 bridgehead atoms. The number of amides is 3. The number of benzene rings is 1. The molecule has 1 aromatic carbocycles. The zero-order chi connectivity index (χ0) is 22.0. The van der Waals surface area contributed by atoms with Crippen LogP contribution in [0.15, 0.2) is 41.8 Å². The largest absolute Gasteiger partial charge is 0.382 e. The summed E-state index contributed by atoms with van der Waals surface area (Å²) < 4.78 is 0. The van der Waals surface area contributed by atoms with Crippen molar-refractivity contribution >= 4 is 62.6 Å². The Morgan fingerprint density at radius 3 is 2.65 bits per heavy atom. The molecule has 0 atom stereocenters. The van der Waals surface area contributed by atoms with Crippen molar-refractivity contribution in [1.82, 2.24) is 15.3 Å². The van der Waals surface area contributed by atoms with Gasteiger partial charge >= 0.3 is 6.03 Å². The van der Waals surface area contributed by atoms with Gasteiger partial charge in [-0.1, -0.05) is 23.5 Å². The van der Waals surface area contributed by atoms with Crippen LogP contribution in [0.1, 0.15) is 14.5 Å². The van der Waals surface area contributed by atoms with Crippen molar-refractivity contribution in [3.63, 3.8) is 0 Å². The normalized spacial score (nSPS) is 10.6. The Bertz CT molecular complexity index is 1260. The molecule has 4 aromatic rings. The number of hydrogen-bond donors (Lipinski definition) is 4. The Hall–Kier alpha value is -3.28. The minimum atomic E-state index is -0.364. The number of nitrogens with zero attached hydrogens (tertiary/aromatic N) is 2. The number of carbonyl (C=O) groups excluding carboxylic acids is 2. The van der Waals surface area contributed by atoms with Crippen LogP contribution in [-0.2, 0) is 0 Å². The maximum atomic E-state index is 12.4. The van der Waals surface area contributed by atoms with E-state index in [1.54, 1.807) is 0 Å². The van der Waals surface area contributed by atoms with E-state index in [1.807, 2.05) is 48.7 Å². The number of nitrogen functional groups attached to an aromatic ring is 1. The average Bonchev–Trinajstić information content (AvgIpc) is 3.48. The second-order valence-corrected chi connectivity index (χ2v) is 9.57. The number of hydrogen-bond acceptors (Lipinski definition) is 8. The van der Waals surface area contributed by atoms with Crippen molar-refractivity contribution in [2.24, 2.45) is 0 Å². The summed E-state index contributed by atoms with van der Waals surface area (Å²) in [5, 5.41) is 11.0. The van der Waals surface area contributed by atoms with E-state index in [-0.39, 0.29) is 11.9 Å². The van der Waals surface area contributed by atoms with Crippen LogP contribution in [0.25, 0.3) is 21.1 Å². The lowest BCUT2D eigenvalue weighted by Crippen LogP contribution is -2.24. The third kappa shape index (κ3) is 4.74. The van der Waals surface area contributed by atoms with Crippen LogP contribution >= 0.6 is 34.0 Å². The number of rotatable bonds is 5. The van der Waals surface area contributed by atoms with E-state index in [9.17, 15) is 9.59 Å². The van der Waals surface area contributed by atoms with Crippen LogP contribution in [-0.4, -0.2) is 29.0 Å². The highest BCUT2D eigenvalue weighted by Crippen LogP contribution is 2.38. The van der Waals surface area contributed by atoms with Gasteiger partial charge in [0.15, 0.2) is 5.13 Å². The van der Waals surface area contributed by atoms with Crippen molar-refractivity contribution in [3.05, 3.63) is 51.5 Å². The van der Waals surface area contributed by atoms with E-state index in [2.05, 4.69) is 25.9 Å². The van der Waals surface area contributed by atoms with E-state index in [4.69, 9.17) is 5.73 Å². The summed E-state index contributed by atoms with van der Waals surface area (Å²) in [7, 11) is 1.53. The summed E-state index contributed by atoms with van der Waals surface area (Å²) in [5.41, 5.74) is 8.34. The Balaban J connectivity index is 1.54. The molecule has 8 nitrogen and oxygen atoms in total. The molecule has 11 heteroatoms. The van der Waals surface area contributed by atoms with Gasteiger partial charge in [0.1, 0.15) is 15.7 Å². The first-order valence-electron chi connectivity index (χ1n) is 9.12. The lowest BCUT2D eigenvalue weighted by Gasteiger charge is -2.05. The average molecular weight is 471 g/mol. The summed E-state index contributed by atoms with van der Waals surface area (Å²) in [6.07, 6.45) is 0. The van der Waals surface area contributed by atoms with Crippen LogP contribution < -0.4 is 21.7 Å². The molecule has 3 amide bonds. The number of nitrogens with one attached hydrogen (secondary N) is 3. The summed E-state index contributed by atoms with van der Waals surface area (Å²) in [6.45, 7) is 1.97. The predicted molar refractivity (Wildman–Crippen MR) is 128 cm³/mol. The molecule has 0 aliphatic carbocycles. The monoisotopic (exact) mass is 470 g/mol. The fourth-order valence-electron chi connectivity index (χ4n) is 2.71. The Labute approximate surface area is 190 Å². The molecule has 158 valence electrons. The van der Waals surface area contributed by atoms with Crippen LogP contribution in [0.3, 0.4) is 0 Å². The van der Waals surface area contributed by atoms with Crippen LogP contribution in [0.4, 0.5) is 21.4 Å². The Morgan fingerprint density at radius 1 is 1.06 bits per heavy atom. The molecule has 0 aliphatic rings. The van der Waals surface area contributed by atoms with Gasteiger partial charge in [0, 0.05) is 28.6 Å². The maximum Gasteiger partial charge on any atom is 0.320 e. The molecule has 3 aromatic heterocycles. The van der Waals surface area contributed by atoms with Crippen molar-refractivity contribution in [1.29, 1.82) is 0 Å². The minimum Gasteiger partial charge on any atom is -0.382 e.